The van der Waals surface area contributed by atoms with Crippen molar-refractivity contribution >= 4 is 12.0 Å². The molecule has 2 fully saturated rings. The average Bonchev–Trinajstić information content (AvgIpc) is 2.65. The lowest BCUT2D eigenvalue weighted by molar-refractivity contribution is -0.225. The summed E-state index contributed by atoms with van der Waals surface area (Å²) in [6.45, 7) is 5.57. The Bertz CT molecular complexity index is 457. The predicted molar refractivity (Wildman–Crippen MR) is 68.2 cm³/mol. The Morgan fingerprint density at radius 3 is 2.80 bits per heavy atom. The predicted octanol–water partition coefficient (Wildman–Crippen LogP) is 1.05. The second kappa shape index (κ2) is 5.29. The van der Waals surface area contributed by atoms with Crippen LogP contribution < -0.4 is 0 Å². The van der Waals surface area contributed by atoms with Gasteiger partial charge in [-0.15, -0.1) is 0 Å². The van der Waals surface area contributed by atoms with E-state index < -0.39 is 17.6 Å². The van der Waals surface area contributed by atoms with E-state index in [2.05, 4.69) is 6.07 Å². The van der Waals surface area contributed by atoms with Crippen LogP contribution in [0.2, 0.25) is 0 Å². The first kappa shape index (κ1) is 14.6. The van der Waals surface area contributed by atoms with Gasteiger partial charge in [0, 0.05) is 6.54 Å². The third-order valence-corrected chi connectivity index (χ3v) is 3.57. The minimum Gasteiger partial charge on any atom is -0.464 e. The number of esters is 1. The summed E-state index contributed by atoms with van der Waals surface area (Å²) >= 11 is 0. The smallest absolute Gasteiger partial charge is 0.345 e. The van der Waals surface area contributed by atoms with Crippen LogP contribution in [0.1, 0.15) is 33.6 Å². The summed E-state index contributed by atoms with van der Waals surface area (Å²) < 4.78 is 4.94. The van der Waals surface area contributed by atoms with Crippen LogP contribution in [0.3, 0.4) is 0 Å². The van der Waals surface area contributed by atoms with Gasteiger partial charge in [0.15, 0.2) is 5.60 Å². The summed E-state index contributed by atoms with van der Waals surface area (Å²) in [5.74, 6) is -0.513. The minimum absolute atomic E-state index is 0.110. The van der Waals surface area contributed by atoms with Gasteiger partial charge >= 0.3 is 12.0 Å². The van der Waals surface area contributed by atoms with Crippen molar-refractivity contribution in [1.29, 1.82) is 5.26 Å². The monoisotopic (exact) mass is 281 g/mol. The quantitative estimate of drug-likeness (QED) is 0.719. The van der Waals surface area contributed by atoms with Gasteiger partial charge in [-0.1, -0.05) is 0 Å². The van der Waals surface area contributed by atoms with Crippen LogP contribution in [0, 0.1) is 11.3 Å². The standard InChI is InChI=1S/C13H19N3O4/c1-4-19-11(17)13(2,3)20-16-10-6-5-9(7-14)15(8-10)12(16)18/h9-10H,4-6,8H2,1-3H3/t9-,10+/m0/s1. The molecule has 0 aliphatic carbocycles. The number of hydrogen-bond acceptors (Lipinski definition) is 5. The van der Waals surface area contributed by atoms with Crippen molar-refractivity contribution in [1.82, 2.24) is 9.96 Å². The summed E-state index contributed by atoms with van der Waals surface area (Å²) in [7, 11) is 0. The number of fused-ring (bicyclic) bond motifs is 2. The average molecular weight is 281 g/mol. The van der Waals surface area contributed by atoms with Gasteiger partial charge in [0.25, 0.3) is 0 Å². The largest absolute Gasteiger partial charge is 0.464 e. The zero-order valence-corrected chi connectivity index (χ0v) is 12.0. The van der Waals surface area contributed by atoms with Crippen LogP contribution in [0.5, 0.6) is 0 Å². The summed E-state index contributed by atoms with van der Waals surface area (Å²) in [6.07, 6.45) is 1.33. The molecule has 2 saturated heterocycles. The highest BCUT2D eigenvalue weighted by Gasteiger charge is 2.48. The Kier molecular flexibility index (Phi) is 3.86. The van der Waals surface area contributed by atoms with Crippen LogP contribution in [0.25, 0.3) is 0 Å². The summed E-state index contributed by atoms with van der Waals surface area (Å²) in [4.78, 5) is 31.1. The molecular weight excluding hydrogens is 262 g/mol. The van der Waals surface area contributed by atoms with E-state index in [1.807, 2.05) is 0 Å². The first-order chi connectivity index (χ1) is 9.40. The Labute approximate surface area is 118 Å². The van der Waals surface area contributed by atoms with Crippen molar-refractivity contribution in [2.45, 2.75) is 51.3 Å². The zero-order chi connectivity index (χ0) is 14.9. The second-order valence-electron chi connectivity index (χ2n) is 5.46. The van der Waals surface area contributed by atoms with Gasteiger partial charge in [-0.3, -0.25) is 4.84 Å². The number of rotatable bonds is 4. The van der Waals surface area contributed by atoms with Gasteiger partial charge in [0.2, 0.25) is 0 Å². The van der Waals surface area contributed by atoms with Crippen molar-refractivity contribution < 1.29 is 19.2 Å². The van der Waals surface area contributed by atoms with E-state index in [9.17, 15) is 9.59 Å². The molecule has 2 amide bonds. The van der Waals surface area contributed by atoms with E-state index in [1.165, 1.54) is 9.96 Å². The molecule has 0 unspecified atom stereocenters. The van der Waals surface area contributed by atoms with E-state index >= 15 is 0 Å². The van der Waals surface area contributed by atoms with Crippen LogP contribution in [-0.4, -0.2) is 52.8 Å². The molecule has 0 radical (unpaired) electrons. The van der Waals surface area contributed by atoms with Crippen molar-refractivity contribution in [3.8, 4) is 6.07 Å². The highest BCUT2D eigenvalue weighted by Crippen LogP contribution is 2.31. The van der Waals surface area contributed by atoms with Crippen LogP contribution >= 0.6 is 0 Å². The maximum atomic E-state index is 12.2. The van der Waals surface area contributed by atoms with Crippen LogP contribution in [-0.2, 0) is 14.4 Å². The second-order valence-corrected chi connectivity index (χ2v) is 5.46. The fourth-order valence-electron chi connectivity index (χ4n) is 2.47. The van der Waals surface area contributed by atoms with Crippen LogP contribution in [0.4, 0.5) is 4.79 Å². The lowest BCUT2D eigenvalue weighted by atomic mass is 10.0. The maximum Gasteiger partial charge on any atom is 0.345 e. The van der Waals surface area contributed by atoms with Crippen molar-refractivity contribution in [2.24, 2.45) is 0 Å². The molecule has 2 heterocycles. The van der Waals surface area contributed by atoms with Gasteiger partial charge in [-0.05, 0) is 33.6 Å². The Balaban J connectivity index is 2.09. The molecule has 2 aliphatic heterocycles. The normalized spacial score (nSPS) is 25.6. The topological polar surface area (TPSA) is 82.9 Å². The van der Waals surface area contributed by atoms with Crippen LogP contribution in [0.15, 0.2) is 0 Å². The fraction of sp³-hybridized carbons (Fsp3) is 0.769. The van der Waals surface area contributed by atoms with Gasteiger partial charge in [0.05, 0.1) is 18.7 Å². The summed E-state index contributed by atoms with van der Waals surface area (Å²) in [5.41, 5.74) is -1.23. The first-order valence-electron chi connectivity index (χ1n) is 6.76. The highest BCUT2D eigenvalue weighted by molar-refractivity contribution is 5.80. The summed E-state index contributed by atoms with van der Waals surface area (Å²) in [6, 6.07) is 1.25. The lowest BCUT2D eigenvalue weighted by Crippen LogP contribution is -2.46. The van der Waals surface area contributed by atoms with Gasteiger partial charge in [0.1, 0.15) is 6.04 Å². The Morgan fingerprint density at radius 1 is 1.50 bits per heavy atom. The van der Waals surface area contributed by atoms with E-state index in [0.29, 0.717) is 19.4 Å². The fourth-order valence-corrected chi connectivity index (χ4v) is 2.47. The Hall–Kier alpha value is -1.81. The highest BCUT2D eigenvalue weighted by atomic mass is 16.7. The first-order valence-corrected chi connectivity index (χ1v) is 6.76. The lowest BCUT2D eigenvalue weighted by Gasteiger charge is -2.30. The number of carbonyl (C=O) groups excluding carboxylic acids is 2. The van der Waals surface area contributed by atoms with E-state index in [-0.39, 0.29) is 18.7 Å². The molecule has 0 spiro atoms. The number of carbonyl (C=O) groups is 2. The molecular formula is C13H19N3O4. The molecule has 0 aromatic rings. The third kappa shape index (κ3) is 2.43. The van der Waals surface area contributed by atoms with E-state index in [1.54, 1.807) is 20.8 Å². The van der Waals surface area contributed by atoms with Crippen molar-refractivity contribution in [3.63, 3.8) is 0 Å². The van der Waals surface area contributed by atoms with Crippen molar-refractivity contribution in [3.05, 3.63) is 0 Å². The molecule has 0 aromatic carbocycles. The number of nitriles is 1. The molecule has 2 aliphatic rings. The van der Waals surface area contributed by atoms with E-state index in [0.717, 1.165) is 0 Å². The molecule has 7 heteroatoms. The molecule has 7 nitrogen and oxygen atoms in total. The third-order valence-electron chi connectivity index (χ3n) is 3.57. The molecule has 20 heavy (non-hydrogen) atoms. The maximum absolute atomic E-state index is 12.2. The summed E-state index contributed by atoms with van der Waals surface area (Å²) in [5, 5.41) is 10.3. The number of ether oxygens (including phenoxy) is 1. The number of amides is 2. The molecule has 0 saturated carbocycles. The van der Waals surface area contributed by atoms with Gasteiger partial charge in [-0.2, -0.15) is 10.3 Å². The minimum atomic E-state index is -1.23. The zero-order valence-electron chi connectivity index (χ0n) is 12.0. The Morgan fingerprint density at radius 2 is 2.20 bits per heavy atom. The molecule has 0 aromatic heterocycles. The number of hydrogen-bond donors (Lipinski definition) is 0. The number of hydroxylamine groups is 2. The molecule has 2 bridgehead atoms. The molecule has 110 valence electrons. The van der Waals surface area contributed by atoms with E-state index in [4.69, 9.17) is 14.8 Å². The van der Waals surface area contributed by atoms with Gasteiger partial charge in [-0.25, -0.2) is 9.59 Å². The molecule has 0 N–H and O–H groups in total. The van der Waals surface area contributed by atoms with Gasteiger partial charge < -0.3 is 9.64 Å². The molecule has 2 rings (SSSR count). The SMILES string of the molecule is CCOC(=O)C(C)(C)ON1C(=O)N2C[C@H]1CC[C@H]2C#N. The number of piperidine rings is 1. The number of urea groups is 1. The molecule has 2 atom stereocenters. The number of nitrogens with zero attached hydrogens (tertiary/aromatic N) is 3. The van der Waals surface area contributed by atoms with Crippen molar-refractivity contribution in [2.75, 3.05) is 13.2 Å².